The van der Waals surface area contributed by atoms with E-state index in [2.05, 4.69) is 4.98 Å². The van der Waals surface area contributed by atoms with Crippen molar-refractivity contribution >= 4 is 16.9 Å². The zero-order valence-corrected chi connectivity index (χ0v) is 11.4. The van der Waals surface area contributed by atoms with Gasteiger partial charge >= 0.3 is 5.97 Å². The predicted molar refractivity (Wildman–Crippen MR) is 80.5 cm³/mol. The lowest BCUT2D eigenvalue weighted by molar-refractivity contribution is 0.0697. The molecule has 0 unspecified atom stereocenters. The molecular formula is C17H13NO3. The van der Waals surface area contributed by atoms with Gasteiger partial charge in [0.1, 0.15) is 5.75 Å². The molecule has 21 heavy (non-hydrogen) atoms. The lowest BCUT2D eigenvalue weighted by Gasteiger charge is -2.08. The van der Waals surface area contributed by atoms with E-state index in [1.54, 1.807) is 42.5 Å². The van der Waals surface area contributed by atoms with E-state index >= 15 is 0 Å². The summed E-state index contributed by atoms with van der Waals surface area (Å²) in [5.41, 5.74) is 3.69. The molecule has 0 radical (unpaired) electrons. The molecule has 4 nitrogen and oxygen atoms in total. The number of carbonyl (C=O) groups is 1. The smallest absolute Gasteiger partial charge is 0.335 e. The summed E-state index contributed by atoms with van der Waals surface area (Å²) in [6.07, 6.45) is 0. The fraction of sp³-hybridized carbons (Fsp3) is 0.0588. The molecule has 0 bridgehead atoms. The van der Waals surface area contributed by atoms with Crippen LogP contribution in [0.4, 0.5) is 0 Å². The Bertz CT molecular complexity index is 839. The van der Waals surface area contributed by atoms with Crippen LogP contribution in [0, 0.1) is 6.92 Å². The Kier molecular flexibility index (Phi) is 3.06. The summed E-state index contributed by atoms with van der Waals surface area (Å²) in [7, 11) is 0. The van der Waals surface area contributed by atoms with Gasteiger partial charge in [-0.3, -0.25) is 0 Å². The number of pyridine rings is 1. The number of nitrogens with zero attached hydrogens (tertiary/aromatic N) is 1. The molecule has 0 atom stereocenters. The summed E-state index contributed by atoms with van der Waals surface area (Å²) < 4.78 is 0. The number of aryl methyl sites for hydroxylation is 1. The lowest BCUT2D eigenvalue weighted by atomic mass is 10.0. The summed E-state index contributed by atoms with van der Waals surface area (Å²) in [5, 5.41) is 19.3. The highest BCUT2D eigenvalue weighted by molar-refractivity contribution is 5.89. The third-order valence-electron chi connectivity index (χ3n) is 3.39. The first kappa shape index (κ1) is 13.1. The largest absolute Gasteiger partial charge is 0.508 e. The Balaban J connectivity index is 2.13. The first-order chi connectivity index (χ1) is 10.0. The standard InChI is InChI=1S/C17H13NO3/c1-10-8-13-9-14(19)6-7-15(13)18-16(10)11-2-4-12(5-3-11)17(20)21/h2-9,19H,1H3,(H,20,21). The van der Waals surface area contributed by atoms with Crippen LogP contribution in [0.5, 0.6) is 5.75 Å². The van der Waals surface area contributed by atoms with E-state index in [9.17, 15) is 9.90 Å². The van der Waals surface area contributed by atoms with Crippen LogP contribution in [-0.4, -0.2) is 21.2 Å². The van der Waals surface area contributed by atoms with Crippen LogP contribution >= 0.6 is 0 Å². The molecule has 0 saturated carbocycles. The van der Waals surface area contributed by atoms with Crippen LogP contribution in [0.2, 0.25) is 0 Å². The molecule has 0 spiro atoms. The maximum absolute atomic E-state index is 10.9. The number of carboxylic acid groups (broad SMARTS) is 1. The Morgan fingerprint density at radius 3 is 2.43 bits per heavy atom. The first-order valence-corrected chi connectivity index (χ1v) is 6.49. The van der Waals surface area contributed by atoms with Crippen LogP contribution in [0.25, 0.3) is 22.2 Å². The topological polar surface area (TPSA) is 70.4 Å². The molecule has 3 rings (SSSR count). The molecule has 0 aliphatic heterocycles. The number of hydrogen-bond acceptors (Lipinski definition) is 3. The summed E-state index contributed by atoms with van der Waals surface area (Å²) >= 11 is 0. The Morgan fingerprint density at radius 2 is 1.76 bits per heavy atom. The lowest BCUT2D eigenvalue weighted by Crippen LogP contribution is -1.96. The van der Waals surface area contributed by atoms with Gasteiger partial charge in [-0.1, -0.05) is 12.1 Å². The molecule has 0 saturated heterocycles. The quantitative estimate of drug-likeness (QED) is 0.751. The average Bonchev–Trinajstić information content (AvgIpc) is 2.46. The normalized spacial score (nSPS) is 10.7. The minimum absolute atomic E-state index is 0.210. The molecule has 0 fully saturated rings. The minimum atomic E-state index is -0.944. The van der Waals surface area contributed by atoms with Crippen molar-refractivity contribution in [1.82, 2.24) is 4.98 Å². The molecule has 0 amide bonds. The maximum atomic E-state index is 10.9. The molecule has 0 aliphatic carbocycles. The molecule has 2 aromatic carbocycles. The predicted octanol–water partition coefficient (Wildman–Crippen LogP) is 3.61. The number of aromatic hydroxyl groups is 1. The molecule has 4 heteroatoms. The number of aromatic nitrogens is 1. The van der Waals surface area contributed by atoms with Gasteiger partial charge in [0.15, 0.2) is 0 Å². The highest BCUT2D eigenvalue weighted by Gasteiger charge is 2.08. The third-order valence-corrected chi connectivity index (χ3v) is 3.39. The van der Waals surface area contributed by atoms with Gasteiger partial charge in [-0.15, -0.1) is 0 Å². The number of aromatic carboxylic acids is 1. The molecule has 2 N–H and O–H groups in total. The highest BCUT2D eigenvalue weighted by atomic mass is 16.4. The minimum Gasteiger partial charge on any atom is -0.508 e. The van der Waals surface area contributed by atoms with Crippen molar-refractivity contribution in [2.75, 3.05) is 0 Å². The second-order valence-corrected chi connectivity index (χ2v) is 4.91. The van der Waals surface area contributed by atoms with Gasteiger partial charge in [0, 0.05) is 10.9 Å². The van der Waals surface area contributed by atoms with E-state index in [0.717, 1.165) is 27.7 Å². The zero-order valence-electron chi connectivity index (χ0n) is 11.4. The number of phenolic OH excluding ortho intramolecular Hbond substituents is 1. The second-order valence-electron chi connectivity index (χ2n) is 4.91. The van der Waals surface area contributed by atoms with Gasteiger partial charge in [-0.2, -0.15) is 0 Å². The summed E-state index contributed by atoms with van der Waals surface area (Å²) in [6, 6.07) is 13.6. The van der Waals surface area contributed by atoms with E-state index in [4.69, 9.17) is 5.11 Å². The second kappa shape index (κ2) is 4.90. The summed E-state index contributed by atoms with van der Waals surface area (Å²) in [5.74, 6) is -0.734. The van der Waals surface area contributed by atoms with Crippen LogP contribution in [0.15, 0.2) is 48.5 Å². The van der Waals surface area contributed by atoms with Crippen LogP contribution < -0.4 is 0 Å². The molecule has 3 aromatic rings. The van der Waals surface area contributed by atoms with Gasteiger partial charge in [-0.05, 0) is 48.9 Å². The number of phenols is 1. The van der Waals surface area contributed by atoms with Crippen molar-refractivity contribution in [3.63, 3.8) is 0 Å². The number of hydrogen-bond donors (Lipinski definition) is 2. The molecule has 0 aliphatic rings. The number of rotatable bonds is 2. The van der Waals surface area contributed by atoms with E-state index in [1.807, 2.05) is 13.0 Å². The molecular weight excluding hydrogens is 266 g/mol. The third kappa shape index (κ3) is 2.43. The van der Waals surface area contributed by atoms with E-state index in [1.165, 1.54) is 0 Å². The van der Waals surface area contributed by atoms with Crippen molar-refractivity contribution in [2.24, 2.45) is 0 Å². The molecule has 1 heterocycles. The van der Waals surface area contributed by atoms with Crippen molar-refractivity contribution < 1.29 is 15.0 Å². The van der Waals surface area contributed by atoms with Crippen molar-refractivity contribution in [3.8, 4) is 17.0 Å². The SMILES string of the molecule is Cc1cc2cc(O)ccc2nc1-c1ccc(C(=O)O)cc1. The van der Waals surface area contributed by atoms with Gasteiger partial charge in [0.25, 0.3) is 0 Å². The van der Waals surface area contributed by atoms with Crippen LogP contribution in [-0.2, 0) is 0 Å². The highest BCUT2D eigenvalue weighted by Crippen LogP contribution is 2.27. The van der Waals surface area contributed by atoms with Crippen molar-refractivity contribution in [1.29, 1.82) is 0 Å². The molecule has 1 aromatic heterocycles. The Morgan fingerprint density at radius 1 is 1.05 bits per heavy atom. The number of fused-ring (bicyclic) bond motifs is 1. The van der Waals surface area contributed by atoms with Crippen molar-refractivity contribution in [2.45, 2.75) is 6.92 Å². The maximum Gasteiger partial charge on any atom is 0.335 e. The fourth-order valence-corrected chi connectivity index (χ4v) is 2.33. The monoisotopic (exact) mass is 279 g/mol. The number of carboxylic acids is 1. The van der Waals surface area contributed by atoms with E-state index in [0.29, 0.717) is 0 Å². The first-order valence-electron chi connectivity index (χ1n) is 6.49. The molecule has 104 valence electrons. The van der Waals surface area contributed by atoms with Gasteiger partial charge < -0.3 is 10.2 Å². The van der Waals surface area contributed by atoms with Crippen molar-refractivity contribution in [3.05, 3.63) is 59.7 Å². The summed E-state index contributed by atoms with van der Waals surface area (Å²) in [4.78, 5) is 15.5. The van der Waals surface area contributed by atoms with Gasteiger partial charge in [-0.25, -0.2) is 9.78 Å². The Hall–Kier alpha value is -2.88. The Labute approximate surface area is 121 Å². The van der Waals surface area contributed by atoms with Gasteiger partial charge in [0.05, 0.1) is 16.8 Å². The fourth-order valence-electron chi connectivity index (χ4n) is 2.33. The van der Waals surface area contributed by atoms with E-state index < -0.39 is 5.97 Å². The average molecular weight is 279 g/mol. The van der Waals surface area contributed by atoms with Crippen LogP contribution in [0.3, 0.4) is 0 Å². The number of benzene rings is 2. The summed E-state index contributed by atoms with van der Waals surface area (Å²) in [6.45, 7) is 1.94. The van der Waals surface area contributed by atoms with Gasteiger partial charge in [0.2, 0.25) is 0 Å². The zero-order chi connectivity index (χ0) is 15.0. The van der Waals surface area contributed by atoms with Crippen LogP contribution in [0.1, 0.15) is 15.9 Å². The van der Waals surface area contributed by atoms with E-state index in [-0.39, 0.29) is 11.3 Å².